The topological polar surface area (TPSA) is 49.4 Å². The molecule has 1 saturated heterocycles. The number of nitrogens with zero attached hydrogens (tertiary/aromatic N) is 1. The van der Waals surface area contributed by atoms with Gasteiger partial charge in [-0.3, -0.25) is 9.59 Å². The van der Waals surface area contributed by atoms with E-state index in [1.54, 1.807) is 4.90 Å². The van der Waals surface area contributed by atoms with Crippen molar-refractivity contribution in [3.05, 3.63) is 64.7 Å². The maximum absolute atomic E-state index is 12.8. The van der Waals surface area contributed by atoms with Gasteiger partial charge in [-0.25, -0.2) is 0 Å². The van der Waals surface area contributed by atoms with Gasteiger partial charge in [0, 0.05) is 19.5 Å². The average molecular weight is 397 g/mol. The number of carbonyl (C=O) groups is 2. The number of benzene rings is 2. The van der Waals surface area contributed by atoms with E-state index in [4.69, 9.17) is 11.6 Å². The standard InChI is InChI=1S/C19H16ClF3N2O2/c20-15-7-6-14(19(21,22)23)9-16(15)24-18(27)13-8-17(26)25(11-13)10-12-4-2-1-3-5-12/h1-7,9,13H,8,10-11H2,(H,24,27)/t13-/m0/s1. The Balaban J connectivity index is 1.68. The smallest absolute Gasteiger partial charge is 0.338 e. The van der Waals surface area contributed by atoms with Crippen LogP contribution in [0.25, 0.3) is 0 Å². The first-order valence-corrected chi connectivity index (χ1v) is 8.61. The number of anilines is 1. The highest BCUT2D eigenvalue weighted by Crippen LogP contribution is 2.34. The SMILES string of the molecule is O=C(Nc1cc(C(F)(F)F)ccc1Cl)[C@H]1CC(=O)N(Cc2ccccc2)C1. The Labute approximate surface area is 158 Å². The fourth-order valence-electron chi connectivity index (χ4n) is 2.94. The number of likely N-dealkylation sites (tertiary alicyclic amines) is 1. The molecule has 0 aliphatic carbocycles. The number of nitrogens with one attached hydrogen (secondary N) is 1. The molecule has 0 bridgehead atoms. The summed E-state index contributed by atoms with van der Waals surface area (Å²) in [5, 5.41) is 2.42. The van der Waals surface area contributed by atoms with Gasteiger partial charge >= 0.3 is 6.18 Å². The van der Waals surface area contributed by atoms with E-state index in [1.165, 1.54) is 0 Å². The third-order valence-electron chi connectivity index (χ3n) is 4.35. The molecule has 0 spiro atoms. The number of halogens is 4. The van der Waals surface area contributed by atoms with Crippen LogP contribution in [0.5, 0.6) is 0 Å². The molecule has 1 fully saturated rings. The summed E-state index contributed by atoms with van der Waals surface area (Å²) in [5.41, 5.74) is -0.0892. The number of hydrogen-bond acceptors (Lipinski definition) is 2. The summed E-state index contributed by atoms with van der Waals surface area (Å²) < 4.78 is 38.5. The van der Waals surface area contributed by atoms with Gasteiger partial charge in [-0.1, -0.05) is 41.9 Å². The van der Waals surface area contributed by atoms with Gasteiger partial charge < -0.3 is 10.2 Å². The molecule has 142 valence electrons. The summed E-state index contributed by atoms with van der Waals surface area (Å²) in [5.74, 6) is -1.35. The zero-order valence-electron chi connectivity index (χ0n) is 14.1. The van der Waals surface area contributed by atoms with Crippen molar-refractivity contribution in [3.63, 3.8) is 0 Å². The molecule has 1 aliphatic rings. The molecule has 4 nitrogen and oxygen atoms in total. The van der Waals surface area contributed by atoms with Crippen molar-refractivity contribution in [2.45, 2.75) is 19.1 Å². The van der Waals surface area contributed by atoms with Gasteiger partial charge in [0.2, 0.25) is 11.8 Å². The molecule has 0 unspecified atom stereocenters. The Bertz CT molecular complexity index is 856. The number of alkyl halides is 3. The van der Waals surface area contributed by atoms with Crippen molar-refractivity contribution in [1.29, 1.82) is 0 Å². The van der Waals surface area contributed by atoms with Crippen LogP contribution in [-0.2, 0) is 22.3 Å². The van der Waals surface area contributed by atoms with Gasteiger partial charge in [0.25, 0.3) is 0 Å². The van der Waals surface area contributed by atoms with Crippen molar-refractivity contribution < 1.29 is 22.8 Å². The fourth-order valence-corrected chi connectivity index (χ4v) is 3.10. The lowest BCUT2D eigenvalue weighted by atomic mass is 10.1. The van der Waals surface area contributed by atoms with Crippen LogP contribution in [0.4, 0.5) is 18.9 Å². The van der Waals surface area contributed by atoms with E-state index in [-0.39, 0.29) is 29.6 Å². The van der Waals surface area contributed by atoms with Crippen LogP contribution in [0.1, 0.15) is 17.5 Å². The Hall–Kier alpha value is -2.54. The molecule has 0 saturated carbocycles. The third-order valence-corrected chi connectivity index (χ3v) is 4.68. The zero-order valence-corrected chi connectivity index (χ0v) is 14.8. The summed E-state index contributed by atoms with van der Waals surface area (Å²) in [6.45, 7) is 0.587. The van der Waals surface area contributed by atoms with Crippen LogP contribution in [0.15, 0.2) is 48.5 Å². The second-order valence-corrected chi connectivity index (χ2v) is 6.75. The highest BCUT2D eigenvalue weighted by atomic mass is 35.5. The van der Waals surface area contributed by atoms with Crippen LogP contribution in [-0.4, -0.2) is 23.3 Å². The first-order valence-electron chi connectivity index (χ1n) is 8.23. The summed E-state index contributed by atoms with van der Waals surface area (Å²) in [4.78, 5) is 26.2. The minimum Gasteiger partial charge on any atom is -0.338 e. The van der Waals surface area contributed by atoms with Crippen LogP contribution in [0, 0.1) is 5.92 Å². The number of carbonyl (C=O) groups excluding carboxylic acids is 2. The summed E-state index contributed by atoms with van der Waals surface area (Å²) in [6, 6.07) is 12.1. The number of amides is 2. The molecule has 27 heavy (non-hydrogen) atoms. The highest BCUT2D eigenvalue weighted by Gasteiger charge is 2.35. The lowest BCUT2D eigenvalue weighted by Gasteiger charge is -2.17. The van der Waals surface area contributed by atoms with E-state index in [1.807, 2.05) is 30.3 Å². The van der Waals surface area contributed by atoms with E-state index in [9.17, 15) is 22.8 Å². The predicted molar refractivity (Wildman–Crippen MR) is 95.0 cm³/mol. The van der Waals surface area contributed by atoms with Gasteiger partial charge in [0.05, 0.1) is 22.2 Å². The zero-order chi connectivity index (χ0) is 19.6. The predicted octanol–water partition coefficient (Wildman–Crippen LogP) is 4.35. The van der Waals surface area contributed by atoms with Crippen LogP contribution in [0.2, 0.25) is 5.02 Å². The summed E-state index contributed by atoms with van der Waals surface area (Å²) in [7, 11) is 0. The summed E-state index contributed by atoms with van der Waals surface area (Å²) >= 11 is 5.90. The quantitative estimate of drug-likeness (QED) is 0.835. The molecule has 2 aromatic carbocycles. The number of rotatable bonds is 4. The Morgan fingerprint density at radius 2 is 1.89 bits per heavy atom. The Morgan fingerprint density at radius 1 is 1.19 bits per heavy atom. The van der Waals surface area contributed by atoms with Crippen molar-refractivity contribution in [1.82, 2.24) is 4.90 Å². The minimum atomic E-state index is -4.54. The van der Waals surface area contributed by atoms with Gasteiger partial charge in [0.1, 0.15) is 0 Å². The largest absolute Gasteiger partial charge is 0.416 e. The van der Waals surface area contributed by atoms with Gasteiger partial charge in [-0.2, -0.15) is 13.2 Å². The molecule has 2 aromatic rings. The van der Waals surface area contributed by atoms with Crippen LogP contribution < -0.4 is 5.32 Å². The Kier molecular flexibility index (Phi) is 5.41. The molecule has 8 heteroatoms. The third kappa shape index (κ3) is 4.60. The van der Waals surface area contributed by atoms with E-state index < -0.39 is 23.6 Å². The van der Waals surface area contributed by atoms with E-state index in [0.29, 0.717) is 6.54 Å². The van der Waals surface area contributed by atoms with Crippen LogP contribution >= 0.6 is 11.6 Å². The lowest BCUT2D eigenvalue weighted by molar-refractivity contribution is -0.137. The average Bonchev–Trinajstić information content (AvgIpc) is 2.97. The maximum Gasteiger partial charge on any atom is 0.416 e. The van der Waals surface area contributed by atoms with E-state index in [2.05, 4.69) is 5.32 Å². The van der Waals surface area contributed by atoms with E-state index >= 15 is 0 Å². The second kappa shape index (κ2) is 7.60. The van der Waals surface area contributed by atoms with Crippen molar-refractivity contribution >= 4 is 29.1 Å². The molecule has 1 atom stereocenters. The molecule has 1 aliphatic heterocycles. The molecular weight excluding hydrogens is 381 g/mol. The second-order valence-electron chi connectivity index (χ2n) is 6.34. The lowest BCUT2D eigenvalue weighted by Crippen LogP contribution is -2.28. The molecule has 2 amide bonds. The van der Waals surface area contributed by atoms with E-state index in [0.717, 1.165) is 23.8 Å². The maximum atomic E-state index is 12.8. The summed E-state index contributed by atoms with van der Waals surface area (Å²) in [6.07, 6.45) is -4.53. The van der Waals surface area contributed by atoms with Gasteiger partial charge in [-0.05, 0) is 23.8 Å². The van der Waals surface area contributed by atoms with Gasteiger partial charge in [0.15, 0.2) is 0 Å². The van der Waals surface area contributed by atoms with Crippen molar-refractivity contribution in [2.75, 3.05) is 11.9 Å². The Morgan fingerprint density at radius 3 is 2.56 bits per heavy atom. The van der Waals surface area contributed by atoms with Gasteiger partial charge in [-0.15, -0.1) is 0 Å². The molecule has 3 rings (SSSR count). The normalized spacial score (nSPS) is 17.3. The molecule has 0 radical (unpaired) electrons. The molecule has 1 N–H and O–H groups in total. The highest BCUT2D eigenvalue weighted by molar-refractivity contribution is 6.33. The van der Waals surface area contributed by atoms with Crippen molar-refractivity contribution in [2.24, 2.45) is 5.92 Å². The van der Waals surface area contributed by atoms with Crippen molar-refractivity contribution in [3.8, 4) is 0 Å². The molecule has 0 aromatic heterocycles. The molecular formula is C19H16ClF3N2O2. The van der Waals surface area contributed by atoms with Crippen LogP contribution in [0.3, 0.4) is 0 Å². The number of hydrogen-bond donors (Lipinski definition) is 1. The minimum absolute atomic E-state index is 0.00168. The fraction of sp³-hybridized carbons (Fsp3) is 0.263. The first kappa shape index (κ1) is 19.2. The molecule has 1 heterocycles. The monoisotopic (exact) mass is 396 g/mol. The first-order chi connectivity index (χ1) is 12.7.